The molecule has 0 aromatic heterocycles. The summed E-state index contributed by atoms with van der Waals surface area (Å²) in [6.07, 6.45) is -0.969. The Labute approximate surface area is 150 Å². The highest BCUT2D eigenvalue weighted by atomic mass is 19.4. The molecule has 0 saturated heterocycles. The minimum atomic E-state index is -4.65. The fourth-order valence-electron chi connectivity index (χ4n) is 3.33. The van der Waals surface area contributed by atoms with Gasteiger partial charge in [-0.25, -0.2) is 9.18 Å². The second-order valence-electron chi connectivity index (χ2n) is 6.76. The topological polar surface area (TPSA) is 55.6 Å². The minimum absolute atomic E-state index is 0.0133. The van der Waals surface area contributed by atoms with Gasteiger partial charge in [-0.15, -0.1) is 0 Å². The van der Waals surface area contributed by atoms with Crippen molar-refractivity contribution in [1.29, 1.82) is 0 Å². The van der Waals surface area contributed by atoms with Crippen LogP contribution in [0.5, 0.6) is 0 Å². The largest absolute Gasteiger partial charge is 0.416 e. The molecule has 0 bridgehead atoms. The lowest BCUT2D eigenvalue weighted by Gasteiger charge is -2.35. The normalized spacial score (nSPS) is 20.8. The molecule has 0 aliphatic heterocycles. The first-order chi connectivity index (χ1) is 12.2. The first-order valence-electron chi connectivity index (χ1n) is 8.68. The van der Waals surface area contributed by atoms with Crippen molar-refractivity contribution in [3.63, 3.8) is 0 Å². The van der Waals surface area contributed by atoms with Gasteiger partial charge in [0.15, 0.2) is 0 Å². The number of alkyl halides is 3. The molecule has 26 heavy (non-hydrogen) atoms. The Kier molecular flexibility index (Phi) is 6.86. The van der Waals surface area contributed by atoms with Crippen LogP contribution in [0.15, 0.2) is 18.2 Å². The summed E-state index contributed by atoms with van der Waals surface area (Å²) in [5.74, 6) is -0.355. The maximum absolute atomic E-state index is 13.8. The van der Waals surface area contributed by atoms with E-state index in [0.29, 0.717) is 5.92 Å². The zero-order chi connectivity index (χ0) is 19.3. The predicted molar refractivity (Wildman–Crippen MR) is 88.8 cm³/mol. The number of halogens is 4. The van der Waals surface area contributed by atoms with Crippen LogP contribution in [0, 0.1) is 11.7 Å². The SMILES string of the molecule is CC1CCC(N(CCOCc2c(F)cccc2C(F)(F)F)C(N)=O)CC1. The number of primary amides is 1. The van der Waals surface area contributed by atoms with Gasteiger partial charge in [0, 0.05) is 18.2 Å². The number of ether oxygens (including phenoxy) is 1. The number of hydrogen-bond donors (Lipinski definition) is 1. The molecule has 1 aliphatic rings. The number of carbonyl (C=O) groups is 1. The molecule has 0 heterocycles. The first-order valence-corrected chi connectivity index (χ1v) is 8.68. The van der Waals surface area contributed by atoms with E-state index in [4.69, 9.17) is 10.5 Å². The van der Waals surface area contributed by atoms with Crippen LogP contribution >= 0.6 is 0 Å². The molecule has 0 unspecified atom stereocenters. The Morgan fingerprint density at radius 2 is 1.92 bits per heavy atom. The number of carbonyl (C=O) groups excluding carboxylic acids is 1. The van der Waals surface area contributed by atoms with Crippen LogP contribution in [0.3, 0.4) is 0 Å². The molecule has 1 saturated carbocycles. The van der Waals surface area contributed by atoms with Crippen molar-refractivity contribution in [2.75, 3.05) is 13.2 Å². The molecule has 1 aromatic carbocycles. The molecular weight excluding hydrogens is 352 g/mol. The zero-order valence-corrected chi connectivity index (χ0v) is 14.7. The molecule has 0 spiro atoms. The molecule has 1 fully saturated rings. The van der Waals surface area contributed by atoms with Gasteiger partial charge in [-0.2, -0.15) is 13.2 Å². The van der Waals surface area contributed by atoms with Crippen molar-refractivity contribution in [1.82, 2.24) is 4.90 Å². The molecule has 2 rings (SSSR count). The Hall–Kier alpha value is -1.83. The third-order valence-corrected chi connectivity index (χ3v) is 4.86. The smallest absolute Gasteiger partial charge is 0.375 e. The van der Waals surface area contributed by atoms with Crippen LogP contribution in [0.4, 0.5) is 22.4 Å². The van der Waals surface area contributed by atoms with E-state index in [1.807, 2.05) is 0 Å². The van der Waals surface area contributed by atoms with Crippen LogP contribution in [0.2, 0.25) is 0 Å². The van der Waals surface area contributed by atoms with E-state index in [1.54, 1.807) is 0 Å². The number of amides is 2. The minimum Gasteiger partial charge on any atom is -0.375 e. The summed E-state index contributed by atoms with van der Waals surface area (Å²) in [6, 6.07) is 2.25. The van der Waals surface area contributed by atoms with Gasteiger partial charge in [0.05, 0.1) is 18.8 Å². The van der Waals surface area contributed by atoms with Gasteiger partial charge >= 0.3 is 12.2 Å². The summed E-state index contributed by atoms with van der Waals surface area (Å²) in [5.41, 5.74) is 3.84. The fourth-order valence-corrected chi connectivity index (χ4v) is 3.33. The van der Waals surface area contributed by atoms with Crippen LogP contribution in [-0.2, 0) is 17.5 Å². The standard InChI is InChI=1S/C18H24F4N2O2/c1-12-5-7-13(8-6-12)24(17(23)25)9-10-26-11-14-15(18(20,21)22)3-2-4-16(14)19/h2-4,12-13H,5-11H2,1H3,(H2,23,25). The van der Waals surface area contributed by atoms with Gasteiger partial charge in [0.25, 0.3) is 0 Å². The average Bonchev–Trinajstić information content (AvgIpc) is 2.56. The maximum atomic E-state index is 13.8. The number of nitrogens with zero attached hydrogens (tertiary/aromatic N) is 1. The molecule has 0 radical (unpaired) electrons. The van der Waals surface area contributed by atoms with Gasteiger partial charge in [-0.1, -0.05) is 13.0 Å². The van der Waals surface area contributed by atoms with Crippen LogP contribution < -0.4 is 5.73 Å². The predicted octanol–water partition coefficient (Wildman–Crippen LogP) is 4.32. The fraction of sp³-hybridized carbons (Fsp3) is 0.611. The van der Waals surface area contributed by atoms with E-state index in [9.17, 15) is 22.4 Å². The quantitative estimate of drug-likeness (QED) is 0.594. The Morgan fingerprint density at radius 1 is 1.27 bits per heavy atom. The van der Waals surface area contributed by atoms with Crippen LogP contribution in [0.25, 0.3) is 0 Å². The molecule has 2 N–H and O–H groups in total. The Morgan fingerprint density at radius 3 is 2.50 bits per heavy atom. The van der Waals surface area contributed by atoms with Crippen molar-refractivity contribution in [3.05, 3.63) is 35.1 Å². The van der Waals surface area contributed by atoms with Crippen molar-refractivity contribution in [2.45, 2.75) is 51.4 Å². The number of urea groups is 1. The molecule has 1 aliphatic carbocycles. The van der Waals surface area contributed by atoms with E-state index in [2.05, 4.69) is 6.92 Å². The Balaban J connectivity index is 1.92. The molecule has 1 aromatic rings. The lowest BCUT2D eigenvalue weighted by molar-refractivity contribution is -0.139. The van der Waals surface area contributed by atoms with E-state index >= 15 is 0 Å². The van der Waals surface area contributed by atoms with Crippen LogP contribution in [0.1, 0.15) is 43.7 Å². The number of rotatable bonds is 6. The third kappa shape index (κ3) is 5.33. The van der Waals surface area contributed by atoms with Crippen LogP contribution in [-0.4, -0.2) is 30.1 Å². The molecule has 4 nitrogen and oxygen atoms in total. The monoisotopic (exact) mass is 376 g/mol. The molecule has 0 atom stereocenters. The summed E-state index contributed by atoms with van der Waals surface area (Å²) < 4.78 is 57.9. The lowest BCUT2D eigenvalue weighted by Crippen LogP contribution is -2.46. The Bertz CT molecular complexity index is 614. The van der Waals surface area contributed by atoms with Crippen molar-refractivity contribution in [3.8, 4) is 0 Å². The van der Waals surface area contributed by atoms with Gasteiger partial charge in [-0.05, 0) is 43.7 Å². The maximum Gasteiger partial charge on any atom is 0.416 e. The highest BCUT2D eigenvalue weighted by Gasteiger charge is 2.34. The summed E-state index contributed by atoms with van der Waals surface area (Å²) in [5, 5.41) is 0. The van der Waals surface area contributed by atoms with Crippen molar-refractivity contribution < 1.29 is 27.1 Å². The number of hydrogen-bond acceptors (Lipinski definition) is 2. The third-order valence-electron chi connectivity index (χ3n) is 4.86. The average molecular weight is 376 g/mol. The first kappa shape index (κ1) is 20.5. The molecule has 146 valence electrons. The van der Waals surface area contributed by atoms with Gasteiger partial charge in [-0.3, -0.25) is 0 Å². The molecule has 2 amide bonds. The molecule has 8 heteroatoms. The lowest BCUT2D eigenvalue weighted by atomic mass is 9.86. The van der Waals surface area contributed by atoms with Gasteiger partial charge in [0.1, 0.15) is 5.82 Å². The highest BCUT2D eigenvalue weighted by molar-refractivity contribution is 5.72. The summed E-state index contributed by atoms with van der Waals surface area (Å²) in [4.78, 5) is 13.2. The summed E-state index contributed by atoms with van der Waals surface area (Å²) in [7, 11) is 0. The number of nitrogens with two attached hydrogens (primary N) is 1. The number of benzene rings is 1. The second-order valence-corrected chi connectivity index (χ2v) is 6.76. The van der Waals surface area contributed by atoms with Crippen molar-refractivity contribution in [2.24, 2.45) is 11.7 Å². The second kappa shape index (κ2) is 8.70. The van der Waals surface area contributed by atoms with E-state index < -0.39 is 35.8 Å². The molecular formula is C18H24F4N2O2. The highest BCUT2D eigenvalue weighted by Crippen LogP contribution is 2.33. The van der Waals surface area contributed by atoms with Gasteiger partial charge < -0.3 is 15.4 Å². The zero-order valence-electron chi connectivity index (χ0n) is 14.7. The van der Waals surface area contributed by atoms with E-state index in [0.717, 1.165) is 43.9 Å². The summed E-state index contributed by atoms with van der Waals surface area (Å²) in [6.45, 7) is 1.79. The van der Waals surface area contributed by atoms with E-state index in [-0.39, 0.29) is 19.2 Å². The van der Waals surface area contributed by atoms with Crippen molar-refractivity contribution >= 4 is 6.03 Å². The van der Waals surface area contributed by atoms with E-state index in [1.165, 1.54) is 4.90 Å². The summed E-state index contributed by atoms with van der Waals surface area (Å²) >= 11 is 0. The van der Waals surface area contributed by atoms with Gasteiger partial charge in [0.2, 0.25) is 0 Å².